The van der Waals surface area contributed by atoms with Crippen molar-refractivity contribution in [3.05, 3.63) is 65.2 Å². The second kappa shape index (κ2) is 7.06. The van der Waals surface area contributed by atoms with Crippen LogP contribution in [0.3, 0.4) is 0 Å². The first-order valence-corrected chi connectivity index (χ1v) is 10.2. The van der Waals surface area contributed by atoms with Gasteiger partial charge in [0, 0.05) is 72.9 Å². The number of benzene rings is 1. The first kappa shape index (κ1) is 18.0. The second-order valence-electron chi connectivity index (χ2n) is 8.27. The Morgan fingerprint density at radius 1 is 0.966 bits per heavy atom. The summed E-state index contributed by atoms with van der Waals surface area (Å²) in [5, 5.41) is 6.50. The van der Waals surface area contributed by atoms with Crippen LogP contribution in [0.1, 0.15) is 33.5 Å². The summed E-state index contributed by atoms with van der Waals surface area (Å²) in [5.74, 6) is 1.89. The van der Waals surface area contributed by atoms with Gasteiger partial charge in [0.1, 0.15) is 6.17 Å². The Labute approximate surface area is 170 Å². The molecule has 29 heavy (non-hydrogen) atoms. The molecule has 0 radical (unpaired) electrons. The van der Waals surface area contributed by atoms with Crippen LogP contribution in [0.2, 0.25) is 0 Å². The number of carbonyl (C=O) groups is 1. The molecule has 1 amide bonds. The van der Waals surface area contributed by atoms with Gasteiger partial charge in [0.05, 0.1) is 0 Å². The molecule has 0 bridgehead atoms. The maximum atomic E-state index is 13.3. The lowest BCUT2D eigenvalue weighted by Crippen LogP contribution is -2.35. The second-order valence-corrected chi connectivity index (χ2v) is 8.27. The third kappa shape index (κ3) is 3.30. The minimum Gasteiger partial charge on any atom is -0.366 e. The molecule has 7 heteroatoms. The molecule has 5 rings (SSSR count). The predicted molar refractivity (Wildman–Crippen MR) is 111 cm³/mol. The number of nitrogens with zero attached hydrogens (tertiary/aromatic N) is 4. The summed E-state index contributed by atoms with van der Waals surface area (Å²) in [6.07, 6.45) is 3.69. The van der Waals surface area contributed by atoms with Gasteiger partial charge in [0.2, 0.25) is 5.95 Å². The van der Waals surface area contributed by atoms with Crippen molar-refractivity contribution in [1.82, 2.24) is 25.5 Å². The number of fused-ring (bicyclic) bond motifs is 1. The van der Waals surface area contributed by atoms with Crippen molar-refractivity contribution in [2.24, 2.45) is 11.8 Å². The summed E-state index contributed by atoms with van der Waals surface area (Å²) < 4.78 is 0. The fraction of sp³-hybridized carbons (Fsp3) is 0.409. The van der Waals surface area contributed by atoms with Crippen LogP contribution < -0.4 is 15.5 Å². The van der Waals surface area contributed by atoms with Gasteiger partial charge in [0.15, 0.2) is 0 Å². The van der Waals surface area contributed by atoms with E-state index in [1.54, 1.807) is 0 Å². The first-order valence-electron chi connectivity index (χ1n) is 10.2. The number of likely N-dealkylation sites (tertiary alicyclic amines) is 1. The molecular formula is C22H26N6O. The van der Waals surface area contributed by atoms with Crippen molar-refractivity contribution in [2.75, 3.05) is 31.1 Å². The standard InChI is InChI=1S/C22H26N6O/c1-14-9-15(2)26-22(25-14)28-12-16-10-27(11-17(16)13-28)21(29)19-6-4-3-5-18(19)20-23-7-8-24-20/h3-9,16-17,20,23-24H,10-13H2,1-2H3. The fourth-order valence-corrected chi connectivity index (χ4v) is 4.80. The van der Waals surface area contributed by atoms with E-state index in [9.17, 15) is 4.79 Å². The molecule has 3 aliphatic rings. The van der Waals surface area contributed by atoms with Gasteiger partial charge < -0.3 is 20.4 Å². The minimum atomic E-state index is -0.0468. The van der Waals surface area contributed by atoms with E-state index in [0.717, 1.165) is 54.6 Å². The molecule has 2 atom stereocenters. The highest BCUT2D eigenvalue weighted by molar-refractivity contribution is 5.96. The van der Waals surface area contributed by atoms with E-state index in [4.69, 9.17) is 0 Å². The molecule has 2 unspecified atom stereocenters. The number of hydrogen-bond acceptors (Lipinski definition) is 6. The molecule has 1 aromatic heterocycles. The largest absolute Gasteiger partial charge is 0.366 e. The Morgan fingerprint density at radius 3 is 2.24 bits per heavy atom. The van der Waals surface area contributed by atoms with Crippen molar-refractivity contribution < 1.29 is 4.79 Å². The van der Waals surface area contributed by atoms with Crippen molar-refractivity contribution >= 4 is 11.9 Å². The van der Waals surface area contributed by atoms with Crippen LogP contribution >= 0.6 is 0 Å². The number of aromatic nitrogens is 2. The maximum Gasteiger partial charge on any atom is 0.254 e. The molecule has 3 aliphatic heterocycles. The van der Waals surface area contributed by atoms with Gasteiger partial charge in [-0.2, -0.15) is 0 Å². The number of amides is 1. The molecular weight excluding hydrogens is 364 g/mol. The summed E-state index contributed by atoms with van der Waals surface area (Å²) in [6.45, 7) is 7.43. The summed E-state index contributed by atoms with van der Waals surface area (Å²) in [5.41, 5.74) is 3.77. The molecule has 0 aliphatic carbocycles. The van der Waals surface area contributed by atoms with Gasteiger partial charge in [-0.25, -0.2) is 9.97 Å². The molecule has 2 aromatic rings. The summed E-state index contributed by atoms with van der Waals surface area (Å²) in [4.78, 5) is 26.8. The number of rotatable bonds is 3. The van der Waals surface area contributed by atoms with Gasteiger partial charge in [-0.3, -0.25) is 4.79 Å². The third-order valence-electron chi connectivity index (χ3n) is 6.14. The van der Waals surface area contributed by atoms with E-state index in [1.165, 1.54) is 0 Å². The van der Waals surface area contributed by atoms with Crippen LogP contribution in [0.4, 0.5) is 5.95 Å². The minimum absolute atomic E-state index is 0.0468. The molecule has 2 saturated heterocycles. The van der Waals surface area contributed by atoms with E-state index in [2.05, 4.69) is 25.5 Å². The highest BCUT2D eigenvalue weighted by Gasteiger charge is 2.43. The van der Waals surface area contributed by atoms with E-state index >= 15 is 0 Å². The Balaban J connectivity index is 1.29. The average molecular weight is 390 g/mol. The molecule has 0 spiro atoms. The number of nitrogens with one attached hydrogen (secondary N) is 2. The quantitative estimate of drug-likeness (QED) is 0.835. The van der Waals surface area contributed by atoms with Gasteiger partial charge in [-0.15, -0.1) is 0 Å². The Kier molecular flexibility index (Phi) is 4.38. The predicted octanol–water partition coefficient (Wildman–Crippen LogP) is 1.96. The number of anilines is 1. The molecule has 2 fully saturated rings. The monoisotopic (exact) mass is 390 g/mol. The number of hydrogen-bond donors (Lipinski definition) is 2. The van der Waals surface area contributed by atoms with Crippen LogP contribution in [0.25, 0.3) is 0 Å². The van der Waals surface area contributed by atoms with Crippen LogP contribution in [0, 0.1) is 25.7 Å². The smallest absolute Gasteiger partial charge is 0.254 e. The van der Waals surface area contributed by atoms with Crippen molar-refractivity contribution in [3.63, 3.8) is 0 Å². The zero-order valence-electron chi connectivity index (χ0n) is 16.8. The summed E-state index contributed by atoms with van der Waals surface area (Å²) in [6, 6.07) is 9.87. The summed E-state index contributed by atoms with van der Waals surface area (Å²) >= 11 is 0. The zero-order chi connectivity index (χ0) is 20.0. The molecule has 7 nitrogen and oxygen atoms in total. The van der Waals surface area contributed by atoms with Gasteiger partial charge in [-0.1, -0.05) is 18.2 Å². The van der Waals surface area contributed by atoms with E-state index in [1.807, 2.05) is 61.5 Å². The topological polar surface area (TPSA) is 73.4 Å². The van der Waals surface area contributed by atoms with Crippen molar-refractivity contribution in [1.29, 1.82) is 0 Å². The normalized spacial score (nSPS) is 23.2. The van der Waals surface area contributed by atoms with E-state index in [0.29, 0.717) is 11.8 Å². The number of carbonyl (C=O) groups excluding carboxylic acids is 1. The Hall–Kier alpha value is -3.09. The van der Waals surface area contributed by atoms with E-state index < -0.39 is 0 Å². The average Bonchev–Trinajstić information content (AvgIpc) is 3.43. The molecule has 0 saturated carbocycles. The van der Waals surface area contributed by atoms with Crippen molar-refractivity contribution in [3.8, 4) is 0 Å². The van der Waals surface area contributed by atoms with Crippen LogP contribution in [-0.2, 0) is 0 Å². The lowest BCUT2D eigenvalue weighted by Gasteiger charge is -2.24. The fourth-order valence-electron chi connectivity index (χ4n) is 4.80. The molecule has 1 aromatic carbocycles. The molecule has 2 N–H and O–H groups in total. The van der Waals surface area contributed by atoms with Crippen LogP contribution in [0.15, 0.2) is 42.7 Å². The zero-order valence-corrected chi connectivity index (χ0v) is 16.8. The van der Waals surface area contributed by atoms with Gasteiger partial charge >= 0.3 is 0 Å². The Morgan fingerprint density at radius 2 is 1.59 bits per heavy atom. The van der Waals surface area contributed by atoms with Gasteiger partial charge in [-0.05, 0) is 26.0 Å². The Bertz CT molecular complexity index is 931. The van der Waals surface area contributed by atoms with Crippen molar-refractivity contribution in [2.45, 2.75) is 20.0 Å². The van der Waals surface area contributed by atoms with Gasteiger partial charge in [0.25, 0.3) is 5.91 Å². The lowest BCUT2D eigenvalue weighted by molar-refractivity contribution is 0.0780. The third-order valence-corrected chi connectivity index (χ3v) is 6.14. The van der Waals surface area contributed by atoms with Crippen LogP contribution in [-0.4, -0.2) is 47.0 Å². The highest BCUT2D eigenvalue weighted by atomic mass is 16.2. The molecule has 4 heterocycles. The maximum absolute atomic E-state index is 13.3. The SMILES string of the molecule is Cc1cc(C)nc(N2CC3CN(C(=O)c4ccccc4C4NC=CN4)CC3C2)n1. The molecule has 150 valence electrons. The van der Waals surface area contributed by atoms with E-state index in [-0.39, 0.29) is 12.1 Å². The number of aryl methyl sites for hydroxylation is 2. The summed E-state index contributed by atoms with van der Waals surface area (Å²) in [7, 11) is 0. The van der Waals surface area contributed by atoms with Crippen LogP contribution in [0.5, 0.6) is 0 Å². The highest BCUT2D eigenvalue weighted by Crippen LogP contribution is 2.34. The lowest BCUT2D eigenvalue weighted by atomic mass is 10.0. The first-order chi connectivity index (χ1) is 14.1.